The molecule has 0 radical (unpaired) electrons. The van der Waals surface area contributed by atoms with Gasteiger partial charge < -0.3 is 15.2 Å². The number of hydrogen-bond donors (Lipinski definition) is 2. The number of benzene rings is 1. The molecule has 0 unspecified atom stereocenters. The van der Waals surface area contributed by atoms with Gasteiger partial charge in [0.15, 0.2) is 0 Å². The van der Waals surface area contributed by atoms with E-state index in [0.29, 0.717) is 12.4 Å². The van der Waals surface area contributed by atoms with Crippen molar-refractivity contribution in [1.29, 1.82) is 5.26 Å². The predicted octanol–water partition coefficient (Wildman–Crippen LogP) is 2.27. The van der Waals surface area contributed by atoms with Gasteiger partial charge in [-0.15, -0.1) is 0 Å². The summed E-state index contributed by atoms with van der Waals surface area (Å²) in [5.41, 5.74) is 0.292. The van der Waals surface area contributed by atoms with E-state index in [2.05, 4.69) is 5.32 Å². The summed E-state index contributed by atoms with van der Waals surface area (Å²) in [6.07, 6.45) is -0.305. The summed E-state index contributed by atoms with van der Waals surface area (Å²) < 4.78 is 5.52. The zero-order valence-corrected chi connectivity index (χ0v) is 11.3. The number of carbonyl (C=O) groups excluding carboxylic acids is 1. The smallest absolute Gasteiger partial charge is 0.335 e. The van der Waals surface area contributed by atoms with E-state index in [1.807, 2.05) is 13.8 Å². The predicted molar refractivity (Wildman–Crippen MR) is 72.6 cm³/mol. The second-order valence-electron chi connectivity index (χ2n) is 4.60. The fourth-order valence-corrected chi connectivity index (χ4v) is 1.41. The molecule has 106 valence electrons. The molecule has 0 aromatic heterocycles. The van der Waals surface area contributed by atoms with Crippen LogP contribution in [-0.4, -0.2) is 23.6 Å². The first kappa shape index (κ1) is 15.5. The van der Waals surface area contributed by atoms with Crippen LogP contribution in [0.5, 0.6) is 5.75 Å². The number of amides is 1. The van der Waals surface area contributed by atoms with Crippen molar-refractivity contribution < 1.29 is 19.4 Å². The van der Waals surface area contributed by atoms with Gasteiger partial charge in [-0.3, -0.25) is 4.79 Å². The van der Waals surface area contributed by atoms with Crippen LogP contribution in [0.15, 0.2) is 18.2 Å². The maximum Gasteiger partial charge on any atom is 0.335 e. The van der Waals surface area contributed by atoms with Gasteiger partial charge in [0, 0.05) is 0 Å². The molecule has 6 nitrogen and oxygen atoms in total. The van der Waals surface area contributed by atoms with Crippen LogP contribution < -0.4 is 10.1 Å². The number of nitriles is 1. The van der Waals surface area contributed by atoms with Crippen LogP contribution in [0.4, 0.5) is 5.69 Å². The van der Waals surface area contributed by atoms with Crippen molar-refractivity contribution in [2.45, 2.75) is 20.3 Å². The summed E-state index contributed by atoms with van der Waals surface area (Å²) in [7, 11) is 0. The third-order valence-corrected chi connectivity index (χ3v) is 2.31. The second kappa shape index (κ2) is 7.14. The molecule has 0 fully saturated rings. The van der Waals surface area contributed by atoms with E-state index >= 15 is 0 Å². The zero-order valence-electron chi connectivity index (χ0n) is 11.3. The van der Waals surface area contributed by atoms with Gasteiger partial charge in [-0.1, -0.05) is 13.8 Å². The molecule has 0 heterocycles. The number of carbonyl (C=O) groups is 2. The average Bonchev–Trinajstić information content (AvgIpc) is 2.37. The Hall–Kier alpha value is -2.55. The quantitative estimate of drug-likeness (QED) is 0.830. The van der Waals surface area contributed by atoms with Gasteiger partial charge in [0.05, 0.1) is 23.9 Å². The Morgan fingerprint density at radius 2 is 2.15 bits per heavy atom. The van der Waals surface area contributed by atoms with E-state index in [1.54, 1.807) is 6.07 Å². The number of ether oxygens (including phenoxy) is 1. The number of hydrogen-bond acceptors (Lipinski definition) is 4. The fraction of sp³-hybridized carbons (Fsp3) is 0.357. The molecule has 1 aromatic carbocycles. The highest BCUT2D eigenvalue weighted by atomic mass is 16.5. The number of aromatic carboxylic acids is 1. The Labute approximate surface area is 117 Å². The van der Waals surface area contributed by atoms with Crippen LogP contribution in [0.1, 0.15) is 30.6 Å². The number of carboxylic acid groups (broad SMARTS) is 1. The first-order valence-electron chi connectivity index (χ1n) is 6.11. The van der Waals surface area contributed by atoms with E-state index in [1.165, 1.54) is 18.2 Å². The van der Waals surface area contributed by atoms with E-state index in [-0.39, 0.29) is 23.6 Å². The van der Waals surface area contributed by atoms with Crippen molar-refractivity contribution in [2.75, 3.05) is 11.9 Å². The molecule has 1 aromatic rings. The standard InChI is InChI=1S/C14H16N2O4/c1-9(2)8-20-12-4-3-10(14(18)19)7-11(12)16-13(17)5-6-15/h3-4,7,9H,5,8H2,1-2H3,(H,16,17)(H,18,19). The second-order valence-corrected chi connectivity index (χ2v) is 4.60. The van der Waals surface area contributed by atoms with Crippen LogP contribution in [0.2, 0.25) is 0 Å². The van der Waals surface area contributed by atoms with Crippen LogP contribution in [0, 0.1) is 17.2 Å². The lowest BCUT2D eigenvalue weighted by atomic mass is 10.1. The molecule has 0 atom stereocenters. The summed E-state index contributed by atoms with van der Waals surface area (Å²) in [6, 6.07) is 5.93. The maximum absolute atomic E-state index is 11.4. The molecular formula is C14H16N2O4. The highest BCUT2D eigenvalue weighted by molar-refractivity contribution is 5.96. The van der Waals surface area contributed by atoms with Crippen LogP contribution >= 0.6 is 0 Å². The Kier molecular flexibility index (Phi) is 5.54. The van der Waals surface area contributed by atoms with Crippen LogP contribution in [-0.2, 0) is 4.79 Å². The number of carboxylic acids is 1. The Balaban J connectivity index is 3.00. The topological polar surface area (TPSA) is 99.4 Å². The summed E-state index contributed by atoms with van der Waals surface area (Å²) in [6.45, 7) is 4.38. The minimum Gasteiger partial charge on any atom is -0.491 e. The fourth-order valence-electron chi connectivity index (χ4n) is 1.41. The molecule has 0 aliphatic carbocycles. The molecule has 6 heteroatoms. The molecule has 0 aliphatic rings. The summed E-state index contributed by atoms with van der Waals surface area (Å²) in [4.78, 5) is 22.4. The number of anilines is 1. The highest BCUT2D eigenvalue weighted by Crippen LogP contribution is 2.26. The zero-order chi connectivity index (χ0) is 15.1. The molecular weight excluding hydrogens is 260 g/mol. The first-order valence-corrected chi connectivity index (χ1v) is 6.11. The summed E-state index contributed by atoms with van der Waals surface area (Å²) in [5.74, 6) is -0.938. The lowest BCUT2D eigenvalue weighted by Crippen LogP contribution is -2.13. The normalized spacial score (nSPS) is 9.90. The van der Waals surface area contributed by atoms with Gasteiger partial charge in [0.25, 0.3) is 0 Å². The van der Waals surface area contributed by atoms with Crippen molar-refractivity contribution >= 4 is 17.6 Å². The van der Waals surface area contributed by atoms with Crippen molar-refractivity contribution in [3.63, 3.8) is 0 Å². The molecule has 2 N–H and O–H groups in total. The van der Waals surface area contributed by atoms with Crippen molar-refractivity contribution in [2.24, 2.45) is 5.92 Å². The Morgan fingerprint density at radius 3 is 2.70 bits per heavy atom. The van der Waals surface area contributed by atoms with Crippen molar-refractivity contribution in [3.05, 3.63) is 23.8 Å². The van der Waals surface area contributed by atoms with Gasteiger partial charge in [0.1, 0.15) is 12.2 Å². The SMILES string of the molecule is CC(C)COc1ccc(C(=O)O)cc1NC(=O)CC#N. The maximum atomic E-state index is 11.4. The van der Waals surface area contributed by atoms with E-state index < -0.39 is 11.9 Å². The monoisotopic (exact) mass is 276 g/mol. The minimum absolute atomic E-state index is 0.0363. The van der Waals surface area contributed by atoms with Crippen LogP contribution in [0.3, 0.4) is 0 Å². The van der Waals surface area contributed by atoms with Crippen molar-refractivity contribution in [3.8, 4) is 11.8 Å². The number of nitrogens with zero attached hydrogens (tertiary/aromatic N) is 1. The minimum atomic E-state index is -1.10. The molecule has 0 spiro atoms. The molecule has 0 aliphatic heterocycles. The average molecular weight is 276 g/mol. The van der Waals surface area contributed by atoms with Crippen molar-refractivity contribution in [1.82, 2.24) is 0 Å². The molecule has 20 heavy (non-hydrogen) atoms. The van der Waals surface area contributed by atoms with Gasteiger partial charge in [-0.05, 0) is 24.1 Å². The lowest BCUT2D eigenvalue weighted by Gasteiger charge is -2.14. The molecule has 1 amide bonds. The summed E-state index contributed by atoms with van der Waals surface area (Å²) in [5, 5.41) is 19.9. The lowest BCUT2D eigenvalue weighted by molar-refractivity contribution is -0.115. The molecule has 1 rings (SSSR count). The third kappa shape index (κ3) is 4.61. The summed E-state index contributed by atoms with van der Waals surface area (Å²) >= 11 is 0. The van der Waals surface area contributed by atoms with Gasteiger partial charge in [0.2, 0.25) is 5.91 Å². The molecule has 0 saturated heterocycles. The number of rotatable bonds is 6. The molecule has 0 bridgehead atoms. The first-order chi connectivity index (χ1) is 9.43. The number of nitrogens with one attached hydrogen (secondary N) is 1. The van der Waals surface area contributed by atoms with Crippen LogP contribution in [0.25, 0.3) is 0 Å². The largest absolute Gasteiger partial charge is 0.491 e. The van der Waals surface area contributed by atoms with Gasteiger partial charge >= 0.3 is 5.97 Å². The Morgan fingerprint density at radius 1 is 1.45 bits per heavy atom. The van der Waals surface area contributed by atoms with Gasteiger partial charge in [-0.25, -0.2) is 4.79 Å². The highest BCUT2D eigenvalue weighted by Gasteiger charge is 2.12. The third-order valence-electron chi connectivity index (χ3n) is 2.31. The van der Waals surface area contributed by atoms with E-state index in [9.17, 15) is 9.59 Å². The molecule has 0 saturated carbocycles. The Bertz CT molecular complexity index is 547. The van der Waals surface area contributed by atoms with E-state index in [4.69, 9.17) is 15.1 Å². The van der Waals surface area contributed by atoms with Gasteiger partial charge in [-0.2, -0.15) is 5.26 Å². The van der Waals surface area contributed by atoms with E-state index in [0.717, 1.165) is 0 Å².